The Hall–Kier alpha value is -2.01. The molecule has 17 heavy (non-hydrogen) atoms. The molecule has 86 valence electrons. The maximum atomic E-state index is 11.8. The number of rotatable bonds is 2. The zero-order valence-corrected chi connectivity index (χ0v) is 9.70. The quantitative estimate of drug-likeness (QED) is 0.709. The van der Waals surface area contributed by atoms with Gasteiger partial charge in [0.05, 0.1) is 0 Å². The average molecular weight is 246 g/mol. The lowest BCUT2D eigenvalue weighted by molar-refractivity contribution is 0.102. The number of anilines is 1. The number of H-pyrrole nitrogens is 1. The Bertz CT molecular complexity index is 590. The van der Waals surface area contributed by atoms with Gasteiger partial charge < -0.3 is 10.3 Å². The van der Waals surface area contributed by atoms with Gasteiger partial charge in [0.2, 0.25) is 0 Å². The van der Waals surface area contributed by atoms with Crippen LogP contribution in [-0.4, -0.2) is 10.9 Å². The Balaban J connectivity index is 2.20. The molecule has 1 aromatic carbocycles. The summed E-state index contributed by atoms with van der Waals surface area (Å²) in [6.45, 7) is 0. The van der Waals surface area contributed by atoms with Crippen molar-refractivity contribution in [1.82, 2.24) is 4.98 Å². The summed E-state index contributed by atoms with van der Waals surface area (Å²) in [5, 5.41) is 2.63. The molecule has 1 aromatic heterocycles. The summed E-state index contributed by atoms with van der Waals surface area (Å²) < 4.78 is 0. The van der Waals surface area contributed by atoms with Crippen molar-refractivity contribution in [2.45, 2.75) is 4.90 Å². The normalized spacial score (nSPS) is 9.94. The number of aromatic amines is 1. The number of amides is 1. The molecule has 0 radical (unpaired) electrons. The molecule has 0 aliphatic heterocycles. The summed E-state index contributed by atoms with van der Waals surface area (Å²) in [5.41, 5.74) is 0.300. The number of hydrogen-bond acceptors (Lipinski definition) is 3. The van der Waals surface area contributed by atoms with Crippen molar-refractivity contribution in [3.05, 3.63) is 58.5 Å². The minimum Gasteiger partial charge on any atom is -0.328 e. The van der Waals surface area contributed by atoms with E-state index >= 15 is 0 Å². The molecule has 2 aromatic rings. The molecule has 2 N–H and O–H groups in total. The van der Waals surface area contributed by atoms with E-state index in [2.05, 4.69) is 22.9 Å². The van der Waals surface area contributed by atoms with Crippen LogP contribution >= 0.6 is 12.6 Å². The van der Waals surface area contributed by atoms with Crippen LogP contribution in [0, 0.1) is 0 Å². The van der Waals surface area contributed by atoms with E-state index in [1.807, 2.05) is 0 Å². The van der Waals surface area contributed by atoms with Crippen molar-refractivity contribution >= 4 is 24.2 Å². The van der Waals surface area contributed by atoms with Crippen LogP contribution in [0.1, 0.15) is 10.4 Å². The first-order valence-electron chi connectivity index (χ1n) is 4.95. The van der Waals surface area contributed by atoms with Gasteiger partial charge in [-0.05, 0) is 36.4 Å². The fourth-order valence-corrected chi connectivity index (χ4v) is 1.49. The Morgan fingerprint density at radius 2 is 1.88 bits per heavy atom. The number of pyridine rings is 1. The van der Waals surface area contributed by atoms with E-state index in [9.17, 15) is 9.59 Å². The highest BCUT2D eigenvalue weighted by Gasteiger charge is 2.09. The second kappa shape index (κ2) is 4.88. The Morgan fingerprint density at radius 1 is 1.18 bits per heavy atom. The van der Waals surface area contributed by atoms with Crippen LogP contribution in [0.2, 0.25) is 0 Å². The van der Waals surface area contributed by atoms with Gasteiger partial charge >= 0.3 is 0 Å². The monoisotopic (exact) mass is 246 g/mol. The number of benzene rings is 1. The topological polar surface area (TPSA) is 62.0 Å². The van der Waals surface area contributed by atoms with Gasteiger partial charge in [0, 0.05) is 16.8 Å². The molecule has 0 atom stereocenters. The Labute approximate surface area is 103 Å². The molecular weight excluding hydrogens is 236 g/mol. The molecule has 0 spiro atoms. The molecule has 4 nitrogen and oxygen atoms in total. The molecule has 1 amide bonds. The maximum absolute atomic E-state index is 11.8. The first kappa shape index (κ1) is 11.5. The molecule has 0 aliphatic carbocycles. The van der Waals surface area contributed by atoms with E-state index in [0.717, 1.165) is 4.90 Å². The van der Waals surface area contributed by atoms with Gasteiger partial charge in [-0.15, -0.1) is 12.6 Å². The van der Waals surface area contributed by atoms with Gasteiger partial charge in [-0.25, -0.2) is 0 Å². The summed E-state index contributed by atoms with van der Waals surface area (Å²) in [6, 6.07) is 10.0. The Kier molecular flexibility index (Phi) is 3.30. The Morgan fingerprint density at radius 3 is 2.53 bits per heavy atom. The highest BCUT2D eigenvalue weighted by molar-refractivity contribution is 7.80. The van der Waals surface area contributed by atoms with Gasteiger partial charge in [-0.1, -0.05) is 0 Å². The van der Waals surface area contributed by atoms with Crippen molar-refractivity contribution in [3.63, 3.8) is 0 Å². The van der Waals surface area contributed by atoms with E-state index in [0.29, 0.717) is 5.69 Å². The second-order valence-electron chi connectivity index (χ2n) is 3.41. The number of carbonyl (C=O) groups excluding carboxylic acids is 1. The number of thiol groups is 1. The molecular formula is C12H10N2O2S. The van der Waals surface area contributed by atoms with Crippen LogP contribution in [0.4, 0.5) is 5.69 Å². The summed E-state index contributed by atoms with van der Waals surface area (Å²) in [6.07, 6.45) is 1.48. The van der Waals surface area contributed by atoms with Crippen LogP contribution in [0.5, 0.6) is 0 Å². The summed E-state index contributed by atoms with van der Waals surface area (Å²) in [4.78, 5) is 26.4. The SMILES string of the molecule is O=C(Nc1ccc(S)cc1)c1ccc[nH]c1=O. The van der Waals surface area contributed by atoms with E-state index in [-0.39, 0.29) is 5.56 Å². The van der Waals surface area contributed by atoms with Gasteiger partial charge in [-0.3, -0.25) is 9.59 Å². The minimum absolute atomic E-state index is 0.0856. The third-order valence-electron chi connectivity index (χ3n) is 2.19. The van der Waals surface area contributed by atoms with Gasteiger partial charge in [0.25, 0.3) is 11.5 Å². The molecule has 2 rings (SSSR count). The molecule has 0 saturated carbocycles. The van der Waals surface area contributed by atoms with Gasteiger partial charge in [0.1, 0.15) is 5.56 Å². The van der Waals surface area contributed by atoms with E-state index < -0.39 is 11.5 Å². The minimum atomic E-state index is -0.432. The zero-order valence-electron chi connectivity index (χ0n) is 8.81. The zero-order chi connectivity index (χ0) is 12.3. The van der Waals surface area contributed by atoms with E-state index in [4.69, 9.17) is 0 Å². The number of aromatic nitrogens is 1. The molecule has 0 saturated heterocycles. The second-order valence-corrected chi connectivity index (χ2v) is 3.93. The van der Waals surface area contributed by atoms with E-state index in [1.165, 1.54) is 12.3 Å². The highest BCUT2D eigenvalue weighted by atomic mass is 32.1. The molecule has 0 unspecified atom stereocenters. The largest absolute Gasteiger partial charge is 0.328 e. The predicted molar refractivity (Wildman–Crippen MR) is 68.7 cm³/mol. The number of hydrogen-bond donors (Lipinski definition) is 3. The standard InChI is InChI=1S/C12H10N2O2S/c15-11-10(2-1-7-13-11)12(16)14-8-3-5-9(17)6-4-8/h1-7,17H,(H,13,15)(H,14,16). The van der Waals surface area contributed by atoms with E-state index in [1.54, 1.807) is 30.3 Å². The molecule has 5 heteroatoms. The lowest BCUT2D eigenvalue weighted by Gasteiger charge is -2.04. The summed E-state index contributed by atoms with van der Waals surface area (Å²) in [5.74, 6) is -0.432. The van der Waals surface area contributed by atoms with Crippen molar-refractivity contribution in [3.8, 4) is 0 Å². The maximum Gasteiger partial charge on any atom is 0.261 e. The fourth-order valence-electron chi connectivity index (χ4n) is 1.34. The molecule has 0 bridgehead atoms. The predicted octanol–water partition coefficient (Wildman–Crippen LogP) is 1.92. The first-order valence-corrected chi connectivity index (χ1v) is 5.39. The summed E-state index contributed by atoms with van der Waals surface area (Å²) in [7, 11) is 0. The van der Waals surface area contributed by atoms with Crippen LogP contribution in [-0.2, 0) is 0 Å². The van der Waals surface area contributed by atoms with Crippen LogP contribution in [0.25, 0.3) is 0 Å². The smallest absolute Gasteiger partial charge is 0.261 e. The highest BCUT2D eigenvalue weighted by Crippen LogP contribution is 2.12. The van der Waals surface area contributed by atoms with Crippen LogP contribution in [0.3, 0.4) is 0 Å². The third-order valence-corrected chi connectivity index (χ3v) is 2.49. The lowest BCUT2D eigenvalue weighted by atomic mass is 10.2. The number of carbonyl (C=O) groups is 1. The number of nitrogens with one attached hydrogen (secondary N) is 2. The van der Waals surface area contributed by atoms with Crippen molar-refractivity contribution < 1.29 is 4.79 Å². The fraction of sp³-hybridized carbons (Fsp3) is 0. The van der Waals surface area contributed by atoms with Crippen molar-refractivity contribution in [2.24, 2.45) is 0 Å². The van der Waals surface area contributed by atoms with Crippen LogP contribution in [0.15, 0.2) is 52.3 Å². The average Bonchev–Trinajstić information content (AvgIpc) is 2.32. The molecule has 0 aliphatic rings. The van der Waals surface area contributed by atoms with Gasteiger partial charge in [-0.2, -0.15) is 0 Å². The van der Waals surface area contributed by atoms with Crippen molar-refractivity contribution in [1.29, 1.82) is 0 Å². The molecule has 1 heterocycles. The van der Waals surface area contributed by atoms with Crippen molar-refractivity contribution in [2.75, 3.05) is 5.32 Å². The first-order chi connectivity index (χ1) is 8.16. The lowest BCUT2D eigenvalue weighted by Crippen LogP contribution is -2.22. The molecule has 0 fully saturated rings. The van der Waals surface area contributed by atoms with Crippen LogP contribution < -0.4 is 10.9 Å². The van der Waals surface area contributed by atoms with Gasteiger partial charge in [0.15, 0.2) is 0 Å². The third kappa shape index (κ3) is 2.76. The summed E-state index contributed by atoms with van der Waals surface area (Å²) >= 11 is 4.14.